The van der Waals surface area contributed by atoms with Gasteiger partial charge in [0.1, 0.15) is 18.1 Å². The number of likely N-dealkylation sites (tertiary alicyclic amines) is 1. The molecule has 0 bridgehead atoms. The van der Waals surface area contributed by atoms with E-state index in [2.05, 4.69) is 24.8 Å². The van der Waals surface area contributed by atoms with E-state index in [1.54, 1.807) is 7.11 Å². The molecule has 1 unspecified atom stereocenters. The molecule has 0 saturated carbocycles. The summed E-state index contributed by atoms with van der Waals surface area (Å²) in [6.07, 6.45) is 2.34. The molecule has 1 aliphatic rings. The summed E-state index contributed by atoms with van der Waals surface area (Å²) >= 11 is 0. The lowest BCUT2D eigenvalue weighted by Gasteiger charge is -2.27. The van der Waals surface area contributed by atoms with Crippen molar-refractivity contribution in [1.29, 1.82) is 0 Å². The van der Waals surface area contributed by atoms with Gasteiger partial charge >= 0.3 is 0 Å². The van der Waals surface area contributed by atoms with Crippen LogP contribution in [0.15, 0.2) is 36.4 Å². The van der Waals surface area contributed by atoms with Crippen LogP contribution < -0.4 is 9.47 Å². The lowest BCUT2D eigenvalue weighted by atomic mass is 9.96. The molecule has 1 fully saturated rings. The zero-order chi connectivity index (χ0) is 20.9. The third kappa shape index (κ3) is 5.72. The van der Waals surface area contributed by atoms with Crippen LogP contribution in [0.25, 0.3) is 0 Å². The van der Waals surface area contributed by atoms with Gasteiger partial charge in [0.2, 0.25) is 0 Å². The highest BCUT2D eigenvalue weighted by atomic mass is 16.5. The van der Waals surface area contributed by atoms with Crippen molar-refractivity contribution in [3.8, 4) is 11.5 Å². The Morgan fingerprint density at radius 2 is 1.86 bits per heavy atom. The maximum atomic E-state index is 11.1. The second kappa shape index (κ2) is 9.61. The summed E-state index contributed by atoms with van der Waals surface area (Å²) in [5.74, 6) is 1.53. The number of rotatable bonds is 7. The van der Waals surface area contributed by atoms with Gasteiger partial charge in [-0.15, -0.1) is 0 Å². The van der Waals surface area contributed by atoms with E-state index in [1.807, 2.05) is 30.3 Å². The van der Waals surface area contributed by atoms with Crippen LogP contribution in [0, 0.1) is 13.8 Å². The monoisotopic (exact) mass is 399 g/mol. The number of hydrogen-bond donors (Lipinski definition) is 2. The van der Waals surface area contributed by atoms with E-state index in [4.69, 9.17) is 9.47 Å². The van der Waals surface area contributed by atoms with Crippen molar-refractivity contribution in [2.75, 3.05) is 26.8 Å². The fraction of sp³-hybridized carbons (Fsp3) is 0.500. The summed E-state index contributed by atoms with van der Waals surface area (Å²) in [7, 11) is 1.61. The van der Waals surface area contributed by atoms with Crippen molar-refractivity contribution in [3.05, 3.63) is 58.7 Å². The molecule has 0 amide bonds. The average Bonchev–Trinajstić information content (AvgIpc) is 2.90. The summed E-state index contributed by atoms with van der Waals surface area (Å²) in [4.78, 5) is 2.36. The molecule has 1 atom stereocenters. The quantitative estimate of drug-likeness (QED) is 0.745. The van der Waals surface area contributed by atoms with Gasteiger partial charge in [0.25, 0.3) is 0 Å². The highest BCUT2D eigenvalue weighted by Gasteiger charge is 2.31. The highest BCUT2D eigenvalue weighted by Crippen LogP contribution is 2.26. The molecule has 0 aliphatic carbocycles. The van der Waals surface area contributed by atoms with E-state index in [9.17, 15) is 10.2 Å². The first kappa shape index (κ1) is 21.6. The predicted molar refractivity (Wildman–Crippen MR) is 114 cm³/mol. The molecule has 5 heteroatoms. The van der Waals surface area contributed by atoms with Crippen molar-refractivity contribution in [2.24, 2.45) is 0 Å². The Kier molecular flexibility index (Phi) is 7.17. The molecular formula is C24H33NO4. The number of methoxy groups -OCH3 is 1. The Bertz CT molecular complexity index is 823. The second-order valence-electron chi connectivity index (χ2n) is 8.19. The van der Waals surface area contributed by atoms with Gasteiger partial charge in [0, 0.05) is 18.7 Å². The summed E-state index contributed by atoms with van der Waals surface area (Å²) in [5.41, 5.74) is 3.58. The molecule has 0 aromatic heterocycles. The van der Waals surface area contributed by atoms with Crippen molar-refractivity contribution in [2.45, 2.75) is 51.9 Å². The molecule has 5 nitrogen and oxygen atoms in total. The van der Waals surface area contributed by atoms with E-state index >= 15 is 0 Å². The number of hydrogen-bond acceptors (Lipinski definition) is 5. The molecule has 2 N–H and O–H groups in total. The fourth-order valence-electron chi connectivity index (χ4n) is 3.87. The first-order valence-corrected chi connectivity index (χ1v) is 10.3. The van der Waals surface area contributed by atoms with Gasteiger partial charge in [0.15, 0.2) is 0 Å². The molecule has 2 aromatic carbocycles. The first-order chi connectivity index (χ1) is 13.9. The SMILES string of the molecule is COc1ccc(CN2CCCC(O)(COc3ccc(C)c(C)c3)CC2)cc1CO. The molecule has 1 heterocycles. The molecule has 3 rings (SSSR count). The highest BCUT2D eigenvalue weighted by molar-refractivity contribution is 5.37. The van der Waals surface area contributed by atoms with Gasteiger partial charge in [0.05, 0.1) is 19.3 Å². The first-order valence-electron chi connectivity index (χ1n) is 10.3. The summed E-state index contributed by atoms with van der Waals surface area (Å²) in [6, 6.07) is 12.0. The van der Waals surface area contributed by atoms with Crippen LogP contribution in [0.5, 0.6) is 11.5 Å². The van der Waals surface area contributed by atoms with Crippen LogP contribution in [-0.4, -0.2) is 47.5 Å². The van der Waals surface area contributed by atoms with Gasteiger partial charge in [-0.2, -0.15) is 0 Å². The van der Waals surface area contributed by atoms with Crippen molar-refractivity contribution >= 4 is 0 Å². The van der Waals surface area contributed by atoms with Crippen LogP contribution in [0.1, 0.15) is 41.5 Å². The number of benzene rings is 2. The van der Waals surface area contributed by atoms with Gasteiger partial charge in [-0.1, -0.05) is 12.1 Å². The number of nitrogens with zero attached hydrogens (tertiary/aromatic N) is 1. The topological polar surface area (TPSA) is 62.2 Å². The van der Waals surface area contributed by atoms with Crippen molar-refractivity contribution < 1.29 is 19.7 Å². The molecule has 0 radical (unpaired) electrons. The molecule has 1 aliphatic heterocycles. The third-order valence-electron chi connectivity index (χ3n) is 5.92. The van der Waals surface area contributed by atoms with Crippen LogP contribution in [-0.2, 0) is 13.2 Å². The predicted octanol–water partition coefficient (Wildman–Crippen LogP) is 3.60. The van der Waals surface area contributed by atoms with Crippen LogP contribution in [0.2, 0.25) is 0 Å². The Labute approximate surface area is 173 Å². The largest absolute Gasteiger partial charge is 0.496 e. The van der Waals surface area contributed by atoms with E-state index in [1.165, 1.54) is 11.1 Å². The Morgan fingerprint density at radius 1 is 1.03 bits per heavy atom. The normalized spacial score (nSPS) is 20.3. The number of aliphatic hydroxyl groups excluding tert-OH is 1. The van der Waals surface area contributed by atoms with Gasteiger partial charge < -0.3 is 19.7 Å². The lowest BCUT2D eigenvalue weighted by Crippen LogP contribution is -2.37. The van der Waals surface area contributed by atoms with E-state index in [0.29, 0.717) is 18.8 Å². The van der Waals surface area contributed by atoms with Gasteiger partial charge in [-0.25, -0.2) is 0 Å². The minimum atomic E-state index is -0.802. The van der Waals surface area contributed by atoms with Crippen LogP contribution in [0.4, 0.5) is 0 Å². The maximum absolute atomic E-state index is 11.1. The zero-order valence-electron chi connectivity index (χ0n) is 17.8. The van der Waals surface area contributed by atoms with Gasteiger partial charge in [-0.3, -0.25) is 4.90 Å². The maximum Gasteiger partial charge on any atom is 0.124 e. The molecule has 29 heavy (non-hydrogen) atoms. The van der Waals surface area contributed by atoms with E-state index < -0.39 is 5.60 Å². The van der Waals surface area contributed by atoms with E-state index in [-0.39, 0.29) is 6.61 Å². The number of ether oxygens (including phenoxy) is 2. The second-order valence-corrected chi connectivity index (χ2v) is 8.19. The summed E-state index contributed by atoms with van der Waals surface area (Å²) < 4.78 is 11.2. The van der Waals surface area contributed by atoms with Gasteiger partial charge in [-0.05, 0) is 80.6 Å². The minimum Gasteiger partial charge on any atom is -0.496 e. The lowest BCUT2D eigenvalue weighted by molar-refractivity contribution is -0.0168. The Hall–Kier alpha value is -2.08. The van der Waals surface area contributed by atoms with Crippen molar-refractivity contribution in [3.63, 3.8) is 0 Å². The number of aliphatic hydroxyl groups is 2. The molecular weight excluding hydrogens is 366 g/mol. The summed E-state index contributed by atoms with van der Waals surface area (Å²) in [5, 5.41) is 20.6. The minimum absolute atomic E-state index is 0.0351. The Morgan fingerprint density at radius 3 is 2.59 bits per heavy atom. The molecule has 2 aromatic rings. The third-order valence-corrected chi connectivity index (χ3v) is 5.92. The standard InChI is InChI=1S/C24H33NO4/c1-18-5-7-22(13-19(18)2)29-17-24(27)9-4-11-25(12-10-24)15-20-6-8-23(28-3)21(14-20)16-26/h5-8,13-14,26-27H,4,9-12,15-17H2,1-3H3. The van der Waals surface area contributed by atoms with Crippen LogP contribution >= 0.6 is 0 Å². The summed E-state index contributed by atoms with van der Waals surface area (Å²) in [6.45, 7) is 6.98. The smallest absolute Gasteiger partial charge is 0.124 e. The van der Waals surface area contributed by atoms with Crippen LogP contribution in [0.3, 0.4) is 0 Å². The zero-order valence-corrected chi connectivity index (χ0v) is 17.8. The number of aryl methyl sites for hydroxylation is 2. The average molecular weight is 400 g/mol. The molecule has 158 valence electrons. The molecule has 0 spiro atoms. The Balaban J connectivity index is 1.57. The molecule has 1 saturated heterocycles. The van der Waals surface area contributed by atoms with Crippen molar-refractivity contribution in [1.82, 2.24) is 4.90 Å². The fourth-order valence-corrected chi connectivity index (χ4v) is 3.87. The van der Waals surface area contributed by atoms with E-state index in [0.717, 1.165) is 49.4 Å².